The van der Waals surface area contributed by atoms with Crippen LogP contribution in [0, 0.1) is 11.8 Å². The van der Waals surface area contributed by atoms with Crippen molar-refractivity contribution >= 4 is 23.2 Å². The predicted molar refractivity (Wildman–Crippen MR) is 110 cm³/mol. The minimum absolute atomic E-state index is 0.00183. The fraction of sp³-hybridized carbons (Fsp3) is 0.435. The van der Waals surface area contributed by atoms with E-state index in [4.69, 9.17) is 16.3 Å². The molecule has 2 aliphatic rings. The van der Waals surface area contributed by atoms with E-state index in [2.05, 4.69) is 5.32 Å². The van der Waals surface area contributed by atoms with Crippen LogP contribution in [0.25, 0.3) is 0 Å². The normalized spacial score (nSPS) is 24.2. The molecule has 1 saturated carbocycles. The van der Waals surface area contributed by atoms with Gasteiger partial charge in [0.15, 0.2) is 0 Å². The molecule has 0 bridgehead atoms. The predicted octanol–water partition coefficient (Wildman–Crippen LogP) is 6.37. The van der Waals surface area contributed by atoms with Crippen LogP contribution in [0.5, 0.6) is 5.75 Å². The molecule has 1 spiro atoms. The maximum Gasteiger partial charge on any atom is 0.263 e. The molecule has 2 aromatic rings. The molecule has 2 aromatic carbocycles. The molecule has 0 aromatic heterocycles. The number of fused-ring (bicyclic) bond motifs is 2. The van der Waals surface area contributed by atoms with Crippen LogP contribution in [0.2, 0.25) is 5.02 Å². The smallest absolute Gasteiger partial charge is 0.263 e. The lowest BCUT2D eigenvalue weighted by atomic mass is 9.65. The number of ether oxygens (including phenoxy) is 1. The van der Waals surface area contributed by atoms with Crippen molar-refractivity contribution in [2.24, 2.45) is 11.8 Å². The number of anilines is 1. The lowest BCUT2D eigenvalue weighted by molar-refractivity contribution is -0.121. The van der Waals surface area contributed by atoms with Gasteiger partial charge in [-0.15, -0.1) is 0 Å². The fourth-order valence-electron chi connectivity index (χ4n) is 4.64. The summed E-state index contributed by atoms with van der Waals surface area (Å²) in [5, 5.41) is 3.60. The molecular formula is C23H24ClF2NO2. The van der Waals surface area contributed by atoms with Crippen LogP contribution >= 0.6 is 11.6 Å². The summed E-state index contributed by atoms with van der Waals surface area (Å²) in [6.07, 6.45) is 1.13. The number of hydrogen-bond acceptors (Lipinski definition) is 2. The second-order valence-electron chi connectivity index (χ2n) is 8.25. The average molecular weight is 420 g/mol. The van der Waals surface area contributed by atoms with E-state index in [-0.39, 0.29) is 28.7 Å². The minimum atomic E-state index is -2.49. The molecule has 0 unspecified atom stereocenters. The molecule has 1 aliphatic heterocycles. The molecule has 29 heavy (non-hydrogen) atoms. The highest BCUT2D eigenvalue weighted by Crippen LogP contribution is 2.50. The van der Waals surface area contributed by atoms with E-state index in [0.29, 0.717) is 17.4 Å². The van der Waals surface area contributed by atoms with Crippen molar-refractivity contribution in [1.82, 2.24) is 0 Å². The van der Waals surface area contributed by atoms with Gasteiger partial charge in [-0.25, -0.2) is 8.78 Å². The van der Waals surface area contributed by atoms with Crippen LogP contribution in [-0.4, -0.2) is 12.5 Å². The Balaban J connectivity index is 1.40. The molecule has 3 nitrogen and oxygen atoms in total. The summed E-state index contributed by atoms with van der Waals surface area (Å²) in [5.41, 5.74) is 1.67. The van der Waals surface area contributed by atoms with Crippen LogP contribution in [0.3, 0.4) is 0 Å². The molecule has 1 heterocycles. The zero-order chi connectivity index (χ0) is 20.6. The van der Waals surface area contributed by atoms with Gasteiger partial charge >= 0.3 is 0 Å². The van der Waals surface area contributed by atoms with E-state index in [0.717, 1.165) is 36.9 Å². The maximum atomic E-state index is 13.0. The first-order valence-corrected chi connectivity index (χ1v) is 10.4. The summed E-state index contributed by atoms with van der Waals surface area (Å²) in [6, 6.07) is 11.9. The van der Waals surface area contributed by atoms with Crippen LogP contribution in [0.4, 0.5) is 14.5 Å². The highest BCUT2D eigenvalue weighted by Gasteiger charge is 2.45. The third-order valence-corrected chi connectivity index (χ3v) is 6.80. The fourth-order valence-corrected chi connectivity index (χ4v) is 4.76. The molecule has 4 rings (SSSR count). The topological polar surface area (TPSA) is 38.3 Å². The molecule has 0 radical (unpaired) electrons. The Kier molecular flexibility index (Phi) is 5.52. The number of hydrogen-bond donors (Lipinski definition) is 1. The Hall–Kier alpha value is -2.14. The molecule has 1 fully saturated rings. The maximum absolute atomic E-state index is 13.0. The molecule has 154 valence electrons. The standard InChI is InChI=1S/C23H24ClF2NO2/c1-14(22(28)27-18-5-3-17(24)4-6-18)15-8-10-23(11-9-15)13-29-20-12-16(21(25)26)2-7-19(20)23/h2-7,12,14-15,21H,8-11,13H2,1H3,(H,27,28)/t14-,15?,23?/m0/s1. The number of rotatable bonds is 4. The quantitative estimate of drug-likeness (QED) is 0.625. The molecule has 1 aliphatic carbocycles. The zero-order valence-electron chi connectivity index (χ0n) is 16.3. The molecule has 1 atom stereocenters. The van der Waals surface area contributed by atoms with E-state index < -0.39 is 6.43 Å². The lowest BCUT2D eigenvalue weighted by Gasteiger charge is -2.38. The van der Waals surface area contributed by atoms with Gasteiger partial charge in [0.05, 0.1) is 6.61 Å². The summed E-state index contributed by atoms with van der Waals surface area (Å²) in [6.45, 7) is 2.51. The first-order valence-electron chi connectivity index (χ1n) is 10.00. The number of carbonyl (C=O) groups excluding carboxylic acids is 1. The van der Waals surface area contributed by atoms with Gasteiger partial charge in [-0.2, -0.15) is 0 Å². The molecule has 1 N–H and O–H groups in total. The van der Waals surface area contributed by atoms with Gasteiger partial charge < -0.3 is 10.1 Å². The van der Waals surface area contributed by atoms with Crippen LogP contribution < -0.4 is 10.1 Å². The number of benzene rings is 2. The first-order chi connectivity index (χ1) is 13.9. The van der Waals surface area contributed by atoms with Crippen molar-refractivity contribution in [3.63, 3.8) is 0 Å². The Labute approximate surface area is 174 Å². The summed E-state index contributed by atoms with van der Waals surface area (Å²) >= 11 is 5.89. The van der Waals surface area contributed by atoms with Gasteiger partial charge in [0, 0.05) is 33.2 Å². The van der Waals surface area contributed by atoms with Crippen molar-refractivity contribution in [1.29, 1.82) is 0 Å². The molecule has 0 saturated heterocycles. The Bertz CT molecular complexity index is 892. The van der Waals surface area contributed by atoms with Gasteiger partial charge in [0.1, 0.15) is 5.75 Å². The Morgan fingerprint density at radius 2 is 1.86 bits per heavy atom. The van der Waals surface area contributed by atoms with Crippen molar-refractivity contribution in [3.05, 3.63) is 58.6 Å². The van der Waals surface area contributed by atoms with E-state index in [1.54, 1.807) is 30.3 Å². The monoisotopic (exact) mass is 419 g/mol. The van der Waals surface area contributed by atoms with Gasteiger partial charge in [-0.1, -0.05) is 30.7 Å². The molecular weight excluding hydrogens is 396 g/mol. The van der Waals surface area contributed by atoms with Crippen LogP contribution in [-0.2, 0) is 10.2 Å². The molecule has 1 amide bonds. The van der Waals surface area contributed by atoms with Gasteiger partial charge in [-0.05, 0) is 61.9 Å². The van der Waals surface area contributed by atoms with Gasteiger partial charge in [0.25, 0.3) is 6.43 Å². The second-order valence-corrected chi connectivity index (χ2v) is 8.68. The number of amides is 1. The van der Waals surface area contributed by atoms with E-state index in [1.165, 1.54) is 12.1 Å². The van der Waals surface area contributed by atoms with Crippen LogP contribution in [0.15, 0.2) is 42.5 Å². The highest BCUT2D eigenvalue weighted by atomic mass is 35.5. The number of halogens is 3. The molecule has 6 heteroatoms. The van der Waals surface area contributed by atoms with Crippen molar-refractivity contribution < 1.29 is 18.3 Å². The largest absolute Gasteiger partial charge is 0.492 e. The van der Waals surface area contributed by atoms with E-state index >= 15 is 0 Å². The van der Waals surface area contributed by atoms with Crippen molar-refractivity contribution in [3.8, 4) is 5.75 Å². The summed E-state index contributed by atoms with van der Waals surface area (Å²) in [7, 11) is 0. The third kappa shape index (κ3) is 3.97. The number of carbonyl (C=O) groups is 1. The zero-order valence-corrected chi connectivity index (χ0v) is 17.0. The number of alkyl halides is 2. The SMILES string of the molecule is C[C@H](C(=O)Nc1ccc(Cl)cc1)C1CCC2(CC1)COc1cc(C(F)F)ccc12. The third-order valence-electron chi connectivity index (χ3n) is 6.55. The van der Waals surface area contributed by atoms with E-state index in [9.17, 15) is 13.6 Å². The first kappa shape index (κ1) is 20.1. The van der Waals surface area contributed by atoms with E-state index in [1.807, 2.05) is 6.92 Å². The summed E-state index contributed by atoms with van der Waals surface area (Å²) < 4.78 is 31.7. The minimum Gasteiger partial charge on any atom is -0.492 e. The van der Waals surface area contributed by atoms with Crippen LogP contribution in [0.1, 0.15) is 50.2 Å². The van der Waals surface area contributed by atoms with Crippen molar-refractivity contribution in [2.45, 2.75) is 44.4 Å². The average Bonchev–Trinajstić information content (AvgIpc) is 3.07. The Morgan fingerprint density at radius 3 is 2.52 bits per heavy atom. The van der Waals surface area contributed by atoms with Gasteiger partial charge in [0.2, 0.25) is 5.91 Å². The van der Waals surface area contributed by atoms with Crippen molar-refractivity contribution in [2.75, 3.05) is 11.9 Å². The highest BCUT2D eigenvalue weighted by molar-refractivity contribution is 6.30. The number of nitrogens with one attached hydrogen (secondary N) is 1. The summed E-state index contributed by atoms with van der Waals surface area (Å²) in [5.74, 6) is 0.788. The second kappa shape index (κ2) is 7.94. The summed E-state index contributed by atoms with van der Waals surface area (Å²) in [4.78, 5) is 12.7. The lowest BCUT2D eigenvalue weighted by Crippen LogP contribution is -2.37. The van der Waals surface area contributed by atoms with Gasteiger partial charge in [-0.3, -0.25) is 4.79 Å². The Morgan fingerprint density at radius 1 is 1.17 bits per heavy atom.